The minimum Gasteiger partial charge on any atom is -0.388 e. The van der Waals surface area contributed by atoms with Gasteiger partial charge in [-0.2, -0.15) is 4.98 Å². The van der Waals surface area contributed by atoms with Gasteiger partial charge < -0.3 is 9.63 Å². The first-order chi connectivity index (χ1) is 11.2. The van der Waals surface area contributed by atoms with E-state index >= 15 is 0 Å². The first kappa shape index (κ1) is 16.1. The Hall–Kier alpha value is -1.72. The lowest BCUT2D eigenvalue weighted by Gasteiger charge is -2.36. The summed E-state index contributed by atoms with van der Waals surface area (Å²) >= 11 is 0. The third-order valence-electron chi connectivity index (χ3n) is 4.87. The number of aryl methyl sites for hydroxylation is 1. The van der Waals surface area contributed by atoms with Crippen molar-refractivity contribution in [2.24, 2.45) is 5.92 Å². The molecular formula is C18H25N3O2. The van der Waals surface area contributed by atoms with Crippen molar-refractivity contribution in [2.45, 2.75) is 45.3 Å². The largest absolute Gasteiger partial charge is 0.388 e. The number of aromatic nitrogens is 2. The van der Waals surface area contributed by atoms with Gasteiger partial charge in [0.1, 0.15) is 0 Å². The van der Waals surface area contributed by atoms with E-state index in [1.54, 1.807) is 0 Å². The van der Waals surface area contributed by atoms with E-state index in [0.29, 0.717) is 11.8 Å². The average Bonchev–Trinajstić information content (AvgIpc) is 3.10. The number of aliphatic hydroxyl groups is 1. The molecule has 1 N–H and O–H groups in total. The summed E-state index contributed by atoms with van der Waals surface area (Å²) in [6.45, 7) is 6.02. The van der Waals surface area contributed by atoms with Gasteiger partial charge in [-0.15, -0.1) is 0 Å². The van der Waals surface area contributed by atoms with Crippen LogP contribution in [-0.2, 0) is 6.42 Å². The van der Waals surface area contributed by atoms with E-state index in [1.807, 2.05) is 37.3 Å². The molecule has 3 rings (SSSR count). The highest BCUT2D eigenvalue weighted by Gasteiger charge is 2.30. The third-order valence-corrected chi connectivity index (χ3v) is 4.87. The van der Waals surface area contributed by atoms with E-state index in [0.717, 1.165) is 43.7 Å². The van der Waals surface area contributed by atoms with Crippen LogP contribution >= 0.6 is 0 Å². The first-order valence-electron chi connectivity index (χ1n) is 8.48. The van der Waals surface area contributed by atoms with E-state index in [9.17, 15) is 5.11 Å². The predicted molar refractivity (Wildman–Crippen MR) is 87.8 cm³/mol. The van der Waals surface area contributed by atoms with E-state index < -0.39 is 0 Å². The molecule has 0 bridgehead atoms. The van der Waals surface area contributed by atoms with Crippen LogP contribution in [0.5, 0.6) is 0 Å². The molecule has 5 nitrogen and oxygen atoms in total. The maximum atomic E-state index is 10.6. The Labute approximate surface area is 137 Å². The van der Waals surface area contributed by atoms with Crippen LogP contribution in [0.15, 0.2) is 34.9 Å². The molecule has 0 aliphatic carbocycles. The Morgan fingerprint density at radius 1 is 1.26 bits per heavy atom. The van der Waals surface area contributed by atoms with Crippen LogP contribution in [0.1, 0.15) is 56.1 Å². The fourth-order valence-corrected chi connectivity index (χ4v) is 3.28. The number of rotatable bonds is 5. The number of hydrogen-bond donors (Lipinski definition) is 1. The standard InChI is InChI=1S/C18H25N3O2/c1-3-16-19-18(23-20-16)13(2)21-11-9-15(10-12-21)17(22)14-7-5-4-6-8-14/h4-8,13,15,17,22H,3,9-12H2,1-2H3/t13-,17-/m1/s1. The molecule has 0 amide bonds. The summed E-state index contributed by atoms with van der Waals surface area (Å²) in [4.78, 5) is 6.80. The van der Waals surface area contributed by atoms with Crippen LogP contribution in [0.2, 0.25) is 0 Å². The molecular weight excluding hydrogens is 290 g/mol. The van der Waals surface area contributed by atoms with Gasteiger partial charge in [0, 0.05) is 6.42 Å². The summed E-state index contributed by atoms with van der Waals surface area (Å²) < 4.78 is 5.36. The molecule has 1 aliphatic rings. The Bertz CT molecular complexity index is 606. The quantitative estimate of drug-likeness (QED) is 0.918. The van der Waals surface area contributed by atoms with Crippen molar-refractivity contribution < 1.29 is 9.63 Å². The molecule has 2 atom stereocenters. The minimum absolute atomic E-state index is 0.137. The van der Waals surface area contributed by atoms with Crippen molar-refractivity contribution in [1.29, 1.82) is 0 Å². The van der Waals surface area contributed by atoms with Gasteiger partial charge in [-0.25, -0.2) is 0 Å². The summed E-state index contributed by atoms with van der Waals surface area (Å²) in [7, 11) is 0. The number of piperidine rings is 1. The van der Waals surface area contributed by atoms with Gasteiger partial charge >= 0.3 is 0 Å². The van der Waals surface area contributed by atoms with Crippen molar-refractivity contribution >= 4 is 0 Å². The lowest BCUT2D eigenvalue weighted by atomic mass is 9.87. The Morgan fingerprint density at radius 3 is 2.57 bits per heavy atom. The topological polar surface area (TPSA) is 62.4 Å². The molecule has 2 heterocycles. The molecule has 2 aromatic rings. The van der Waals surface area contributed by atoms with E-state index in [-0.39, 0.29) is 12.1 Å². The second-order valence-electron chi connectivity index (χ2n) is 6.31. The molecule has 1 aromatic carbocycles. The summed E-state index contributed by atoms with van der Waals surface area (Å²) in [6, 6.07) is 10.1. The monoisotopic (exact) mass is 315 g/mol. The molecule has 1 fully saturated rings. The molecule has 0 unspecified atom stereocenters. The maximum Gasteiger partial charge on any atom is 0.243 e. The Balaban J connectivity index is 1.57. The van der Waals surface area contributed by atoms with Crippen LogP contribution in [0.25, 0.3) is 0 Å². The van der Waals surface area contributed by atoms with Gasteiger partial charge in [-0.3, -0.25) is 4.90 Å². The molecule has 5 heteroatoms. The minimum atomic E-state index is -0.372. The number of likely N-dealkylation sites (tertiary alicyclic amines) is 1. The third kappa shape index (κ3) is 3.62. The number of benzene rings is 1. The summed E-state index contributed by atoms with van der Waals surface area (Å²) in [6.07, 6.45) is 2.38. The number of aliphatic hydroxyl groups excluding tert-OH is 1. The Morgan fingerprint density at radius 2 is 1.96 bits per heavy atom. The van der Waals surface area contributed by atoms with Crippen molar-refractivity contribution in [3.8, 4) is 0 Å². The lowest BCUT2D eigenvalue weighted by molar-refractivity contribution is 0.0420. The number of nitrogens with zero attached hydrogens (tertiary/aromatic N) is 3. The van der Waals surface area contributed by atoms with Crippen LogP contribution < -0.4 is 0 Å². The SMILES string of the molecule is CCc1noc([C@@H](C)N2CCC([C@H](O)c3ccccc3)CC2)n1. The van der Waals surface area contributed by atoms with Crippen LogP contribution in [-0.4, -0.2) is 33.2 Å². The van der Waals surface area contributed by atoms with Crippen LogP contribution in [0.3, 0.4) is 0 Å². The molecule has 1 aliphatic heterocycles. The summed E-state index contributed by atoms with van der Waals surface area (Å²) in [5, 5.41) is 14.5. The zero-order valence-electron chi connectivity index (χ0n) is 13.9. The van der Waals surface area contributed by atoms with Gasteiger partial charge in [0.05, 0.1) is 12.1 Å². The normalized spacial score (nSPS) is 19.6. The fourth-order valence-electron chi connectivity index (χ4n) is 3.28. The number of hydrogen-bond acceptors (Lipinski definition) is 5. The van der Waals surface area contributed by atoms with E-state index in [1.165, 1.54) is 0 Å². The molecule has 0 saturated carbocycles. The van der Waals surface area contributed by atoms with Gasteiger partial charge in [-0.05, 0) is 44.3 Å². The Kier molecular flexibility index (Phi) is 5.08. The average molecular weight is 315 g/mol. The predicted octanol–water partition coefficient (Wildman–Crippen LogP) is 3.14. The fraction of sp³-hybridized carbons (Fsp3) is 0.556. The zero-order valence-corrected chi connectivity index (χ0v) is 13.9. The summed E-state index contributed by atoms with van der Waals surface area (Å²) in [5.74, 6) is 1.78. The zero-order chi connectivity index (χ0) is 16.2. The van der Waals surface area contributed by atoms with Crippen LogP contribution in [0.4, 0.5) is 0 Å². The molecule has 23 heavy (non-hydrogen) atoms. The van der Waals surface area contributed by atoms with Gasteiger partial charge in [0.15, 0.2) is 5.82 Å². The van der Waals surface area contributed by atoms with Crippen molar-refractivity contribution in [2.75, 3.05) is 13.1 Å². The van der Waals surface area contributed by atoms with Gasteiger partial charge in [0.2, 0.25) is 5.89 Å². The molecule has 124 valence electrons. The lowest BCUT2D eigenvalue weighted by Crippen LogP contribution is -2.37. The van der Waals surface area contributed by atoms with Crippen molar-refractivity contribution in [3.63, 3.8) is 0 Å². The second kappa shape index (κ2) is 7.23. The molecule has 0 radical (unpaired) electrons. The van der Waals surface area contributed by atoms with E-state index in [2.05, 4.69) is 22.0 Å². The molecule has 1 aromatic heterocycles. The maximum absolute atomic E-state index is 10.6. The van der Waals surface area contributed by atoms with Gasteiger partial charge in [-0.1, -0.05) is 42.4 Å². The van der Waals surface area contributed by atoms with Gasteiger partial charge in [0.25, 0.3) is 0 Å². The second-order valence-corrected chi connectivity index (χ2v) is 6.31. The molecule has 0 spiro atoms. The highest BCUT2D eigenvalue weighted by molar-refractivity contribution is 5.18. The van der Waals surface area contributed by atoms with Crippen molar-refractivity contribution in [1.82, 2.24) is 15.0 Å². The highest BCUT2D eigenvalue weighted by Crippen LogP contribution is 2.33. The van der Waals surface area contributed by atoms with E-state index in [4.69, 9.17) is 4.52 Å². The van der Waals surface area contributed by atoms with Crippen molar-refractivity contribution in [3.05, 3.63) is 47.6 Å². The summed E-state index contributed by atoms with van der Waals surface area (Å²) in [5.41, 5.74) is 1.02. The smallest absolute Gasteiger partial charge is 0.243 e. The highest BCUT2D eigenvalue weighted by atomic mass is 16.5. The van der Waals surface area contributed by atoms with Crippen LogP contribution in [0, 0.1) is 5.92 Å². The first-order valence-corrected chi connectivity index (χ1v) is 8.48. The molecule has 1 saturated heterocycles.